The van der Waals surface area contributed by atoms with E-state index in [9.17, 15) is 0 Å². The van der Waals surface area contributed by atoms with E-state index in [2.05, 4.69) is 0 Å². The van der Waals surface area contributed by atoms with Crippen molar-refractivity contribution in [1.29, 1.82) is 0 Å². The summed E-state index contributed by atoms with van der Waals surface area (Å²) in [6.45, 7) is 2.79. The molecule has 0 unspecified atom stereocenters. The van der Waals surface area contributed by atoms with Crippen molar-refractivity contribution in [3.63, 3.8) is 0 Å². The molecule has 0 amide bonds. The molecule has 0 saturated carbocycles. The second kappa shape index (κ2) is 10.7. The second-order valence-corrected chi connectivity index (χ2v) is 2.23. The summed E-state index contributed by atoms with van der Waals surface area (Å²) in [6.07, 6.45) is 14.7. The number of hydrogen-bond donors (Lipinski definition) is 1. The smallest absolute Gasteiger partial charge is 0.106 e. The van der Waals surface area contributed by atoms with Gasteiger partial charge in [0.05, 0.1) is 12.9 Å². The van der Waals surface area contributed by atoms with E-state index < -0.39 is 0 Å². The summed E-state index contributed by atoms with van der Waals surface area (Å²) in [5, 5.41) is 8.17. The molecule has 2 nitrogen and oxygen atoms in total. The number of ether oxygens (including phenoxy) is 1. The second-order valence-electron chi connectivity index (χ2n) is 2.23. The SMILES string of the molecule is C/C=C/C=C/CO.C1=CCOC=C1. The fraction of sp³-hybridized carbons (Fsp3) is 0.273. The Balaban J connectivity index is 0.000000223. The van der Waals surface area contributed by atoms with E-state index in [1.807, 2.05) is 37.3 Å². The van der Waals surface area contributed by atoms with E-state index >= 15 is 0 Å². The fourth-order valence-corrected chi connectivity index (χ4v) is 0.597. The van der Waals surface area contributed by atoms with Crippen LogP contribution in [0.25, 0.3) is 0 Å². The van der Waals surface area contributed by atoms with Gasteiger partial charge in [-0.3, -0.25) is 0 Å². The Labute approximate surface area is 79.5 Å². The largest absolute Gasteiger partial charge is 0.497 e. The predicted molar refractivity (Wildman–Crippen MR) is 55.3 cm³/mol. The molecule has 0 saturated heterocycles. The first-order chi connectivity index (χ1) is 6.41. The lowest BCUT2D eigenvalue weighted by atomic mass is 10.4. The molecule has 1 aliphatic heterocycles. The van der Waals surface area contributed by atoms with E-state index in [1.54, 1.807) is 18.4 Å². The van der Waals surface area contributed by atoms with Crippen molar-refractivity contribution >= 4 is 0 Å². The highest BCUT2D eigenvalue weighted by molar-refractivity contribution is 5.03. The molecule has 72 valence electrons. The highest BCUT2D eigenvalue weighted by Gasteiger charge is 1.75. The molecular formula is C11H16O2. The number of allylic oxidation sites excluding steroid dienone is 5. The third kappa shape index (κ3) is 10.7. The first-order valence-electron chi connectivity index (χ1n) is 4.23. The summed E-state index contributed by atoms with van der Waals surface area (Å²) in [5.74, 6) is 0. The number of aliphatic hydroxyl groups excluding tert-OH is 1. The summed E-state index contributed by atoms with van der Waals surface area (Å²) < 4.78 is 4.80. The van der Waals surface area contributed by atoms with Crippen molar-refractivity contribution < 1.29 is 9.84 Å². The zero-order valence-corrected chi connectivity index (χ0v) is 7.89. The Hall–Kier alpha value is -1.28. The molecule has 13 heavy (non-hydrogen) atoms. The van der Waals surface area contributed by atoms with Gasteiger partial charge < -0.3 is 9.84 Å². The standard InChI is InChI=1S/C6H10O.C5H6O/c1-2-3-4-5-6-7;1-2-4-6-5-3-1/h2-5,7H,6H2,1H3;1-4H,5H2/b3-2+,5-4+;. The molecule has 1 aliphatic rings. The van der Waals surface area contributed by atoms with Crippen molar-refractivity contribution in [2.45, 2.75) is 6.92 Å². The van der Waals surface area contributed by atoms with Gasteiger partial charge in [-0.15, -0.1) is 0 Å². The summed E-state index contributed by atoms with van der Waals surface area (Å²) in [5.41, 5.74) is 0. The molecule has 1 heterocycles. The van der Waals surface area contributed by atoms with Crippen LogP contribution in [0.2, 0.25) is 0 Å². The fourth-order valence-electron chi connectivity index (χ4n) is 0.597. The van der Waals surface area contributed by atoms with E-state index in [1.165, 1.54) is 0 Å². The molecule has 0 spiro atoms. The lowest BCUT2D eigenvalue weighted by Gasteiger charge is -1.94. The first kappa shape index (κ1) is 11.7. The molecule has 0 aromatic carbocycles. The average Bonchev–Trinajstić information content (AvgIpc) is 2.22. The van der Waals surface area contributed by atoms with Gasteiger partial charge in [0.2, 0.25) is 0 Å². The van der Waals surface area contributed by atoms with Crippen LogP contribution in [-0.4, -0.2) is 18.3 Å². The monoisotopic (exact) mass is 180 g/mol. The third-order valence-corrected chi connectivity index (χ3v) is 1.16. The van der Waals surface area contributed by atoms with Crippen LogP contribution in [0, 0.1) is 0 Å². The highest BCUT2D eigenvalue weighted by Crippen LogP contribution is 1.87. The molecule has 0 radical (unpaired) electrons. The van der Waals surface area contributed by atoms with Crippen molar-refractivity contribution in [1.82, 2.24) is 0 Å². The molecule has 0 bridgehead atoms. The topological polar surface area (TPSA) is 29.5 Å². The minimum atomic E-state index is 0.129. The van der Waals surface area contributed by atoms with Gasteiger partial charge in [0.15, 0.2) is 0 Å². The van der Waals surface area contributed by atoms with Crippen LogP contribution in [-0.2, 0) is 4.74 Å². The van der Waals surface area contributed by atoms with E-state index in [-0.39, 0.29) is 6.61 Å². The lowest BCUT2D eigenvalue weighted by Crippen LogP contribution is -1.82. The van der Waals surface area contributed by atoms with E-state index in [0.29, 0.717) is 0 Å². The molecule has 1 rings (SSSR count). The van der Waals surface area contributed by atoms with Crippen LogP contribution in [0.5, 0.6) is 0 Å². The van der Waals surface area contributed by atoms with Crippen LogP contribution in [0.15, 0.2) is 48.8 Å². The number of aliphatic hydroxyl groups is 1. The quantitative estimate of drug-likeness (QED) is 0.660. The molecule has 0 atom stereocenters. The van der Waals surface area contributed by atoms with Crippen LogP contribution in [0.1, 0.15) is 6.92 Å². The summed E-state index contributed by atoms with van der Waals surface area (Å²) >= 11 is 0. The highest BCUT2D eigenvalue weighted by atomic mass is 16.5. The Bertz CT molecular complexity index is 188. The number of rotatable bonds is 2. The number of hydrogen-bond acceptors (Lipinski definition) is 2. The van der Waals surface area contributed by atoms with Gasteiger partial charge in [0, 0.05) is 0 Å². The van der Waals surface area contributed by atoms with Gasteiger partial charge in [-0.2, -0.15) is 0 Å². The van der Waals surface area contributed by atoms with Crippen molar-refractivity contribution in [2.24, 2.45) is 0 Å². The Morgan fingerprint density at radius 2 is 2.23 bits per heavy atom. The summed E-state index contributed by atoms with van der Waals surface area (Å²) in [7, 11) is 0. The van der Waals surface area contributed by atoms with Crippen molar-refractivity contribution in [3.05, 3.63) is 48.8 Å². The van der Waals surface area contributed by atoms with Gasteiger partial charge in [-0.05, 0) is 19.1 Å². The zero-order valence-electron chi connectivity index (χ0n) is 7.89. The minimum absolute atomic E-state index is 0.129. The molecule has 0 fully saturated rings. The van der Waals surface area contributed by atoms with E-state index in [4.69, 9.17) is 9.84 Å². The summed E-state index contributed by atoms with van der Waals surface area (Å²) in [4.78, 5) is 0. The van der Waals surface area contributed by atoms with Gasteiger partial charge in [0.25, 0.3) is 0 Å². The molecule has 0 aliphatic carbocycles. The summed E-state index contributed by atoms with van der Waals surface area (Å²) in [6, 6.07) is 0. The molecule has 2 heteroatoms. The third-order valence-electron chi connectivity index (χ3n) is 1.16. The maximum Gasteiger partial charge on any atom is 0.106 e. The molecular weight excluding hydrogens is 164 g/mol. The average molecular weight is 180 g/mol. The Morgan fingerprint density at radius 1 is 1.38 bits per heavy atom. The van der Waals surface area contributed by atoms with Crippen LogP contribution in [0.4, 0.5) is 0 Å². The van der Waals surface area contributed by atoms with Crippen LogP contribution >= 0.6 is 0 Å². The van der Waals surface area contributed by atoms with Crippen molar-refractivity contribution in [2.75, 3.05) is 13.2 Å². The molecule has 1 N–H and O–H groups in total. The maximum absolute atomic E-state index is 8.17. The normalized spacial score (nSPS) is 14.3. The molecule has 0 aromatic heterocycles. The predicted octanol–water partition coefficient (Wildman–Crippen LogP) is 2.20. The van der Waals surface area contributed by atoms with Gasteiger partial charge in [0.1, 0.15) is 6.61 Å². The maximum atomic E-state index is 8.17. The Kier molecular flexibility index (Phi) is 9.66. The van der Waals surface area contributed by atoms with Crippen LogP contribution < -0.4 is 0 Å². The van der Waals surface area contributed by atoms with E-state index in [0.717, 1.165) is 6.61 Å². The molecule has 0 aromatic rings. The lowest BCUT2D eigenvalue weighted by molar-refractivity contribution is 0.286. The first-order valence-corrected chi connectivity index (χ1v) is 4.23. The van der Waals surface area contributed by atoms with Gasteiger partial charge in [-0.1, -0.05) is 30.4 Å². The van der Waals surface area contributed by atoms with Gasteiger partial charge >= 0.3 is 0 Å². The Morgan fingerprint density at radius 3 is 2.54 bits per heavy atom. The van der Waals surface area contributed by atoms with Crippen molar-refractivity contribution in [3.8, 4) is 0 Å². The zero-order chi connectivity index (χ0) is 9.78. The van der Waals surface area contributed by atoms with Gasteiger partial charge in [-0.25, -0.2) is 0 Å². The minimum Gasteiger partial charge on any atom is -0.497 e. The van der Waals surface area contributed by atoms with Crippen LogP contribution in [0.3, 0.4) is 0 Å².